The molecule has 1 aromatic heterocycles. The Balaban J connectivity index is 2.06. The van der Waals surface area contributed by atoms with Gasteiger partial charge in [-0.05, 0) is 29.2 Å². The molecule has 122 valence electrons. The van der Waals surface area contributed by atoms with E-state index in [9.17, 15) is 9.59 Å². The number of carbonyl (C=O) groups is 1. The van der Waals surface area contributed by atoms with Crippen LogP contribution in [0.25, 0.3) is 11.0 Å². The lowest BCUT2D eigenvalue weighted by atomic mass is 9.86. The third-order valence-electron chi connectivity index (χ3n) is 3.99. The van der Waals surface area contributed by atoms with Crippen molar-refractivity contribution in [2.75, 3.05) is 0 Å². The highest BCUT2D eigenvalue weighted by atomic mass is 35.5. The molecule has 0 aliphatic carbocycles. The summed E-state index contributed by atoms with van der Waals surface area (Å²) in [5, 5.41) is 0.730. The molecule has 4 heteroatoms. The molecule has 0 unspecified atom stereocenters. The Labute approximate surface area is 144 Å². The normalized spacial score (nSPS) is 11.7. The third kappa shape index (κ3) is 3.00. The number of carbonyl (C=O) groups excluding carboxylic acids is 1. The lowest BCUT2D eigenvalue weighted by Crippen LogP contribution is -2.16. The fraction of sp³-hybridized carbons (Fsp3) is 0.200. The maximum atomic E-state index is 12.7. The summed E-state index contributed by atoms with van der Waals surface area (Å²) in [4.78, 5) is 25.2. The van der Waals surface area contributed by atoms with Crippen LogP contribution < -0.4 is 5.43 Å². The van der Waals surface area contributed by atoms with Gasteiger partial charge in [0.1, 0.15) is 17.4 Å². The minimum Gasteiger partial charge on any atom is -0.463 e. The second kappa shape index (κ2) is 5.91. The van der Waals surface area contributed by atoms with Gasteiger partial charge in [-0.3, -0.25) is 9.59 Å². The molecule has 1 heterocycles. The number of rotatable bonds is 2. The van der Waals surface area contributed by atoms with Gasteiger partial charge in [-0.25, -0.2) is 0 Å². The van der Waals surface area contributed by atoms with Crippen molar-refractivity contribution in [3.8, 4) is 0 Å². The van der Waals surface area contributed by atoms with Crippen LogP contribution in [0.1, 0.15) is 42.3 Å². The highest BCUT2D eigenvalue weighted by Gasteiger charge is 2.18. The first-order valence-corrected chi connectivity index (χ1v) is 8.01. The molecular formula is C20H17ClO3. The van der Waals surface area contributed by atoms with Gasteiger partial charge in [0.2, 0.25) is 5.43 Å². The summed E-state index contributed by atoms with van der Waals surface area (Å²) in [5.74, 6) is -0.355. The number of ketones is 1. The van der Waals surface area contributed by atoms with E-state index in [0.717, 1.165) is 5.56 Å². The Bertz CT molecular complexity index is 976. The van der Waals surface area contributed by atoms with Crippen molar-refractivity contribution in [2.45, 2.75) is 26.2 Å². The first-order chi connectivity index (χ1) is 11.3. The van der Waals surface area contributed by atoms with Crippen LogP contribution in [0.2, 0.25) is 5.02 Å². The summed E-state index contributed by atoms with van der Waals surface area (Å²) >= 11 is 5.93. The Morgan fingerprint density at radius 3 is 2.33 bits per heavy atom. The van der Waals surface area contributed by atoms with Gasteiger partial charge in [0.15, 0.2) is 5.78 Å². The molecule has 0 saturated carbocycles. The fourth-order valence-corrected chi connectivity index (χ4v) is 2.71. The van der Waals surface area contributed by atoms with Crippen LogP contribution in [0.15, 0.2) is 57.9 Å². The van der Waals surface area contributed by atoms with Gasteiger partial charge in [-0.2, -0.15) is 0 Å². The van der Waals surface area contributed by atoms with Crippen molar-refractivity contribution in [3.63, 3.8) is 0 Å². The second-order valence-corrected chi connectivity index (χ2v) is 7.21. The molecule has 0 aliphatic heterocycles. The molecule has 0 amide bonds. The Morgan fingerprint density at radius 2 is 1.71 bits per heavy atom. The molecule has 0 fully saturated rings. The van der Waals surface area contributed by atoms with E-state index >= 15 is 0 Å². The lowest BCUT2D eigenvalue weighted by Gasteiger charge is -2.18. The summed E-state index contributed by atoms with van der Waals surface area (Å²) in [6.07, 6.45) is 1.22. The predicted molar refractivity (Wildman–Crippen MR) is 96.1 cm³/mol. The number of benzene rings is 2. The summed E-state index contributed by atoms with van der Waals surface area (Å²) in [7, 11) is 0. The van der Waals surface area contributed by atoms with Crippen LogP contribution in [0, 0.1) is 0 Å². The molecular weight excluding hydrogens is 324 g/mol. The zero-order chi connectivity index (χ0) is 17.5. The van der Waals surface area contributed by atoms with Crippen molar-refractivity contribution in [1.82, 2.24) is 0 Å². The lowest BCUT2D eigenvalue weighted by molar-refractivity contribution is 0.103. The second-order valence-electron chi connectivity index (χ2n) is 6.78. The summed E-state index contributed by atoms with van der Waals surface area (Å²) in [6, 6.07) is 12.1. The van der Waals surface area contributed by atoms with Gasteiger partial charge in [0.05, 0.1) is 5.39 Å². The zero-order valence-corrected chi connectivity index (χ0v) is 14.5. The quantitative estimate of drug-likeness (QED) is 0.618. The van der Waals surface area contributed by atoms with Crippen LogP contribution >= 0.6 is 11.6 Å². The highest BCUT2D eigenvalue weighted by Crippen LogP contribution is 2.23. The predicted octanol–water partition coefficient (Wildman–Crippen LogP) is 4.97. The van der Waals surface area contributed by atoms with E-state index in [1.54, 1.807) is 24.3 Å². The molecule has 0 aliphatic rings. The van der Waals surface area contributed by atoms with Crippen molar-refractivity contribution < 1.29 is 9.21 Å². The van der Waals surface area contributed by atoms with E-state index in [2.05, 4.69) is 20.8 Å². The van der Waals surface area contributed by atoms with Gasteiger partial charge in [0.25, 0.3) is 0 Å². The minimum atomic E-state index is -0.372. The summed E-state index contributed by atoms with van der Waals surface area (Å²) in [5.41, 5.74) is 1.62. The largest absolute Gasteiger partial charge is 0.463 e. The molecule has 0 N–H and O–H groups in total. The van der Waals surface area contributed by atoms with E-state index in [-0.39, 0.29) is 22.2 Å². The average Bonchev–Trinajstić information content (AvgIpc) is 2.54. The molecule has 0 radical (unpaired) electrons. The molecule has 3 rings (SSSR count). The summed E-state index contributed by atoms with van der Waals surface area (Å²) < 4.78 is 5.42. The van der Waals surface area contributed by atoms with E-state index in [1.165, 1.54) is 12.3 Å². The monoisotopic (exact) mass is 340 g/mol. The number of halogens is 1. The smallest absolute Gasteiger partial charge is 0.203 e. The van der Waals surface area contributed by atoms with E-state index < -0.39 is 0 Å². The van der Waals surface area contributed by atoms with Gasteiger partial charge in [0, 0.05) is 10.6 Å². The first-order valence-electron chi connectivity index (χ1n) is 7.64. The van der Waals surface area contributed by atoms with Crippen molar-refractivity contribution >= 4 is 28.4 Å². The van der Waals surface area contributed by atoms with Gasteiger partial charge < -0.3 is 4.42 Å². The maximum absolute atomic E-state index is 12.7. The molecule has 0 bridgehead atoms. The molecule has 2 aromatic carbocycles. The van der Waals surface area contributed by atoms with Gasteiger partial charge >= 0.3 is 0 Å². The minimum absolute atomic E-state index is 0.000301. The average molecular weight is 341 g/mol. The molecule has 0 spiro atoms. The Kier molecular flexibility index (Phi) is 4.06. The zero-order valence-electron chi connectivity index (χ0n) is 13.7. The number of hydrogen-bond donors (Lipinski definition) is 0. The number of hydrogen-bond acceptors (Lipinski definition) is 3. The van der Waals surface area contributed by atoms with E-state index in [0.29, 0.717) is 21.6 Å². The topological polar surface area (TPSA) is 47.3 Å². The highest BCUT2D eigenvalue weighted by molar-refractivity contribution is 6.31. The van der Waals surface area contributed by atoms with Crippen LogP contribution in [0.5, 0.6) is 0 Å². The molecule has 0 atom stereocenters. The standard InChI is InChI=1S/C20H17ClO3/c1-20(2,3)13-6-4-12(5-7-13)18(22)16-11-24-17-9-8-14(21)10-15(17)19(16)23/h4-11H,1-3H3. The van der Waals surface area contributed by atoms with Crippen LogP contribution in [0.4, 0.5) is 0 Å². The van der Waals surface area contributed by atoms with E-state index in [1.807, 2.05) is 12.1 Å². The van der Waals surface area contributed by atoms with Crippen molar-refractivity contribution in [3.05, 3.63) is 80.7 Å². The Morgan fingerprint density at radius 1 is 1.04 bits per heavy atom. The number of fused-ring (bicyclic) bond motifs is 1. The van der Waals surface area contributed by atoms with Gasteiger partial charge in [-0.15, -0.1) is 0 Å². The van der Waals surface area contributed by atoms with Gasteiger partial charge in [-0.1, -0.05) is 56.6 Å². The van der Waals surface area contributed by atoms with Crippen molar-refractivity contribution in [2.24, 2.45) is 0 Å². The molecule has 3 aromatic rings. The van der Waals surface area contributed by atoms with Crippen LogP contribution in [-0.2, 0) is 5.41 Å². The van der Waals surface area contributed by atoms with Crippen LogP contribution in [-0.4, -0.2) is 5.78 Å². The SMILES string of the molecule is CC(C)(C)c1ccc(C(=O)c2coc3ccc(Cl)cc3c2=O)cc1. The Hall–Kier alpha value is -2.39. The first kappa shape index (κ1) is 16.5. The summed E-state index contributed by atoms with van der Waals surface area (Å²) in [6.45, 7) is 6.31. The van der Waals surface area contributed by atoms with Crippen molar-refractivity contribution in [1.29, 1.82) is 0 Å². The maximum Gasteiger partial charge on any atom is 0.203 e. The molecule has 3 nitrogen and oxygen atoms in total. The fourth-order valence-electron chi connectivity index (χ4n) is 2.54. The van der Waals surface area contributed by atoms with Crippen LogP contribution in [0.3, 0.4) is 0 Å². The van der Waals surface area contributed by atoms with E-state index in [4.69, 9.17) is 16.0 Å². The molecule has 24 heavy (non-hydrogen) atoms. The molecule has 0 saturated heterocycles. The third-order valence-corrected chi connectivity index (χ3v) is 4.23.